The molecule has 0 fully saturated rings. The molecule has 2 aromatic rings. The Morgan fingerprint density at radius 3 is 2.38 bits per heavy atom. The summed E-state index contributed by atoms with van der Waals surface area (Å²) in [6.07, 6.45) is 3.14. The molecule has 0 amide bonds. The largest absolute Gasteiger partial charge is 0.355 e. The van der Waals surface area contributed by atoms with Gasteiger partial charge in [-0.05, 0) is 23.1 Å². The lowest BCUT2D eigenvalue weighted by Crippen LogP contribution is -2.45. The molecule has 7 heteroatoms. The van der Waals surface area contributed by atoms with Gasteiger partial charge >= 0.3 is 0 Å². The third-order valence-electron chi connectivity index (χ3n) is 4.86. The summed E-state index contributed by atoms with van der Waals surface area (Å²) in [5.41, 5.74) is 3.53. The van der Waals surface area contributed by atoms with E-state index in [4.69, 9.17) is 0 Å². The number of nitrogens with zero attached hydrogens (tertiary/aromatic N) is 2. The zero-order valence-electron chi connectivity index (χ0n) is 16.7. The Kier molecular flexibility index (Phi) is 7.43. The van der Waals surface area contributed by atoms with Crippen molar-refractivity contribution in [2.24, 2.45) is 4.99 Å². The van der Waals surface area contributed by atoms with Gasteiger partial charge in [-0.2, -0.15) is 0 Å². The van der Waals surface area contributed by atoms with Gasteiger partial charge in [0.2, 0.25) is 10.0 Å². The number of rotatable bonds is 7. The van der Waals surface area contributed by atoms with Crippen LogP contribution in [0.4, 0.5) is 0 Å². The van der Waals surface area contributed by atoms with Gasteiger partial charge in [0, 0.05) is 33.2 Å². The van der Waals surface area contributed by atoms with E-state index >= 15 is 0 Å². The second-order valence-corrected chi connectivity index (χ2v) is 8.82. The van der Waals surface area contributed by atoms with Gasteiger partial charge in [0.15, 0.2) is 5.96 Å². The fraction of sp³-hybridized carbons (Fsp3) is 0.318. The minimum atomic E-state index is -3.36. The van der Waals surface area contributed by atoms with Crippen molar-refractivity contribution in [3.63, 3.8) is 0 Å². The summed E-state index contributed by atoms with van der Waals surface area (Å²) in [6, 6.07) is 19.9. The first-order valence-corrected chi connectivity index (χ1v) is 11.4. The van der Waals surface area contributed by atoms with Crippen LogP contribution in [0.5, 0.6) is 0 Å². The fourth-order valence-electron chi connectivity index (χ4n) is 3.27. The van der Waals surface area contributed by atoms with Crippen LogP contribution in [0.15, 0.2) is 71.7 Å². The summed E-state index contributed by atoms with van der Waals surface area (Å²) < 4.78 is 27.1. The molecular formula is C22H28N4O2S. The molecule has 0 bridgehead atoms. The Morgan fingerprint density at radius 2 is 1.76 bits per heavy atom. The van der Waals surface area contributed by atoms with E-state index in [9.17, 15) is 8.42 Å². The van der Waals surface area contributed by atoms with Crippen LogP contribution in [0.1, 0.15) is 17.5 Å². The van der Waals surface area contributed by atoms with E-state index in [0.29, 0.717) is 13.1 Å². The third-order valence-corrected chi connectivity index (χ3v) is 6.18. The summed E-state index contributed by atoms with van der Waals surface area (Å²) in [6.45, 7) is 2.21. The normalized spacial score (nSPS) is 15.1. The standard InChI is InChI=1S/C22H28N4O2S/c1-23-22(26-15-12-21(13-16-26)20-10-6-3-7-11-20)24-14-17-29(27,28)25-18-19-8-4-2-5-9-19/h2-12,25H,13-18H2,1H3,(H,23,24). The predicted octanol–water partition coefficient (Wildman–Crippen LogP) is 2.47. The van der Waals surface area contributed by atoms with Crippen LogP contribution in [0.25, 0.3) is 5.57 Å². The summed E-state index contributed by atoms with van der Waals surface area (Å²) in [5, 5.41) is 3.18. The maximum absolute atomic E-state index is 12.2. The summed E-state index contributed by atoms with van der Waals surface area (Å²) in [5.74, 6) is 0.726. The maximum atomic E-state index is 12.2. The van der Waals surface area contributed by atoms with Gasteiger partial charge < -0.3 is 10.2 Å². The third kappa shape index (κ3) is 6.44. The molecule has 1 aliphatic heterocycles. The lowest BCUT2D eigenvalue weighted by molar-refractivity contribution is 0.441. The van der Waals surface area contributed by atoms with Gasteiger partial charge in [0.1, 0.15) is 0 Å². The van der Waals surface area contributed by atoms with Crippen molar-refractivity contribution >= 4 is 21.6 Å². The van der Waals surface area contributed by atoms with Crippen LogP contribution in [0.2, 0.25) is 0 Å². The molecule has 1 aliphatic rings. The van der Waals surface area contributed by atoms with Crippen molar-refractivity contribution in [2.45, 2.75) is 13.0 Å². The molecule has 0 unspecified atom stereocenters. The molecule has 0 aromatic heterocycles. The number of guanidine groups is 1. The first-order chi connectivity index (χ1) is 14.1. The van der Waals surface area contributed by atoms with Crippen molar-refractivity contribution in [3.05, 3.63) is 77.9 Å². The second-order valence-electron chi connectivity index (χ2n) is 6.89. The van der Waals surface area contributed by atoms with Gasteiger partial charge in [-0.15, -0.1) is 0 Å². The zero-order valence-corrected chi connectivity index (χ0v) is 17.5. The number of benzene rings is 2. The average molecular weight is 413 g/mol. The number of hydrogen-bond donors (Lipinski definition) is 2. The molecule has 2 N–H and O–H groups in total. The molecule has 0 saturated heterocycles. The second kappa shape index (κ2) is 10.2. The van der Waals surface area contributed by atoms with Crippen molar-refractivity contribution in [1.29, 1.82) is 0 Å². The van der Waals surface area contributed by atoms with Gasteiger partial charge in [0.05, 0.1) is 5.75 Å². The number of nitrogens with one attached hydrogen (secondary N) is 2. The van der Waals surface area contributed by atoms with E-state index in [1.807, 2.05) is 36.4 Å². The van der Waals surface area contributed by atoms with E-state index < -0.39 is 10.0 Å². The molecule has 0 atom stereocenters. The Bertz CT molecular complexity index is 941. The molecule has 3 rings (SSSR count). The van der Waals surface area contributed by atoms with E-state index in [1.165, 1.54) is 11.1 Å². The van der Waals surface area contributed by atoms with Gasteiger partial charge in [-0.1, -0.05) is 66.7 Å². The molecule has 2 aromatic carbocycles. The molecule has 0 saturated carbocycles. The fourth-order valence-corrected chi connectivity index (χ4v) is 4.17. The van der Waals surface area contributed by atoms with Crippen LogP contribution in [-0.4, -0.2) is 51.7 Å². The van der Waals surface area contributed by atoms with Crippen molar-refractivity contribution in [3.8, 4) is 0 Å². The van der Waals surface area contributed by atoms with Gasteiger partial charge in [0.25, 0.3) is 0 Å². The lowest BCUT2D eigenvalue weighted by Gasteiger charge is -2.29. The number of aliphatic imine (C=N–C) groups is 1. The first kappa shape index (κ1) is 21.1. The topological polar surface area (TPSA) is 73.8 Å². The van der Waals surface area contributed by atoms with E-state index in [0.717, 1.165) is 31.0 Å². The monoisotopic (exact) mass is 412 g/mol. The van der Waals surface area contributed by atoms with E-state index in [1.54, 1.807) is 7.05 Å². The predicted molar refractivity (Wildman–Crippen MR) is 119 cm³/mol. The average Bonchev–Trinajstić information content (AvgIpc) is 2.77. The van der Waals surface area contributed by atoms with Crippen LogP contribution in [0, 0.1) is 0 Å². The van der Waals surface area contributed by atoms with Crippen LogP contribution >= 0.6 is 0 Å². The Balaban J connectivity index is 1.46. The Labute approximate surface area is 173 Å². The minimum absolute atomic E-state index is 0.00218. The molecule has 154 valence electrons. The minimum Gasteiger partial charge on any atom is -0.355 e. The highest BCUT2D eigenvalue weighted by Crippen LogP contribution is 2.21. The maximum Gasteiger partial charge on any atom is 0.213 e. The quantitative estimate of drug-likeness (QED) is 0.541. The zero-order chi connectivity index (χ0) is 20.5. The first-order valence-electron chi connectivity index (χ1n) is 9.79. The Morgan fingerprint density at radius 1 is 1.07 bits per heavy atom. The molecule has 1 heterocycles. The van der Waals surface area contributed by atoms with Gasteiger partial charge in [-0.3, -0.25) is 4.99 Å². The highest BCUT2D eigenvalue weighted by Gasteiger charge is 2.17. The van der Waals surface area contributed by atoms with E-state index in [2.05, 4.69) is 50.3 Å². The molecule has 0 radical (unpaired) electrons. The molecule has 29 heavy (non-hydrogen) atoms. The van der Waals surface area contributed by atoms with E-state index in [-0.39, 0.29) is 5.75 Å². The van der Waals surface area contributed by atoms with Crippen molar-refractivity contribution in [2.75, 3.05) is 32.4 Å². The summed E-state index contributed by atoms with van der Waals surface area (Å²) in [4.78, 5) is 6.44. The van der Waals surface area contributed by atoms with Crippen molar-refractivity contribution < 1.29 is 8.42 Å². The van der Waals surface area contributed by atoms with Crippen LogP contribution < -0.4 is 10.0 Å². The highest BCUT2D eigenvalue weighted by molar-refractivity contribution is 7.89. The molecular weight excluding hydrogens is 384 g/mol. The Hall–Kier alpha value is -2.64. The number of hydrogen-bond acceptors (Lipinski definition) is 3. The molecule has 6 nitrogen and oxygen atoms in total. The van der Waals surface area contributed by atoms with Crippen LogP contribution in [-0.2, 0) is 16.6 Å². The SMILES string of the molecule is CN=C(NCCS(=O)(=O)NCc1ccccc1)N1CC=C(c2ccccc2)CC1. The highest BCUT2D eigenvalue weighted by atomic mass is 32.2. The smallest absolute Gasteiger partial charge is 0.213 e. The summed E-state index contributed by atoms with van der Waals surface area (Å²) in [7, 11) is -1.63. The van der Waals surface area contributed by atoms with Crippen molar-refractivity contribution in [1.82, 2.24) is 14.9 Å². The molecule has 0 spiro atoms. The number of sulfonamides is 1. The lowest BCUT2D eigenvalue weighted by atomic mass is 10.00. The molecule has 0 aliphatic carbocycles. The van der Waals surface area contributed by atoms with Gasteiger partial charge in [-0.25, -0.2) is 13.1 Å². The van der Waals surface area contributed by atoms with Crippen LogP contribution in [0.3, 0.4) is 0 Å². The summed E-state index contributed by atoms with van der Waals surface area (Å²) >= 11 is 0.